The first-order valence-electron chi connectivity index (χ1n) is 8.42. The molecule has 0 radical (unpaired) electrons. The molecule has 6 nitrogen and oxygen atoms in total. The van der Waals surface area contributed by atoms with Gasteiger partial charge >= 0.3 is 0 Å². The van der Waals surface area contributed by atoms with Crippen LogP contribution in [0.15, 0.2) is 41.3 Å². The Labute approximate surface area is 164 Å². The highest BCUT2D eigenvalue weighted by atomic mass is 32.2. The zero-order chi connectivity index (χ0) is 21.1. The molecule has 0 atom stereocenters. The van der Waals surface area contributed by atoms with E-state index in [0.29, 0.717) is 11.3 Å². The molecule has 0 bridgehead atoms. The molecule has 2 aromatic carbocycles. The smallest absolute Gasteiger partial charge is 0.248 e. The highest BCUT2D eigenvalue weighted by Crippen LogP contribution is 2.25. The van der Waals surface area contributed by atoms with Crippen molar-refractivity contribution in [2.24, 2.45) is 0 Å². The van der Waals surface area contributed by atoms with E-state index in [9.17, 15) is 17.6 Å². The van der Waals surface area contributed by atoms with Crippen molar-refractivity contribution in [1.29, 1.82) is 0 Å². The largest absolute Gasteiger partial charge is 0.494 e. The predicted molar refractivity (Wildman–Crippen MR) is 107 cm³/mol. The minimum Gasteiger partial charge on any atom is -0.494 e. The minimum atomic E-state index is -3.63. The van der Waals surface area contributed by atoms with Gasteiger partial charge in [0.2, 0.25) is 15.9 Å². The number of ether oxygens (including phenoxy) is 1. The number of benzene rings is 2. The van der Waals surface area contributed by atoms with Gasteiger partial charge in [-0.15, -0.1) is 0 Å². The molecule has 0 aromatic heterocycles. The van der Waals surface area contributed by atoms with Crippen LogP contribution in [-0.2, 0) is 14.8 Å². The number of hydrogen-bond donors (Lipinski definition) is 1. The molecular weight excluding hydrogens is 383 g/mol. The molecular formula is C20H23FN2O4S. The van der Waals surface area contributed by atoms with E-state index < -0.39 is 21.7 Å². The summed E-state index contributed by atoms with van der Waals surface area (Å²) in [5.41, 5.74) is 2.38. The van der Waals surface area contributed by atoms with Crippen LogP contribution in [0.3, 0.4) is 0 Å². The number of aryl methyl sites for hydroxylation is 1. The van der Waals surface area contributed by atoms with Gasteiger partial charge in [-0.1, -0.05) is 6.07 Å². The molecule has 0 saturated carbocycles. The van der Waals surface area contributed by atoms with Gasteiger partial charge in [0.1, 0.15) is 0 Å². The lowest BCUT2D eigenvalue weighted by molar-refractivity contribution is -0.111. The number of carbonyl (C=O) groups is 1. The molecule has 2 aromatic rings. The summed E-state index contributed by atoms with van der Waals surface area (Å²) in [6, 6.07) is 7.33. The number of nitrogens with one attached hydrogen (secondary N) is 1. The number of hydrogen-bond acceptors (Lipinski definition) is 4. The lowest BCUT2D eigenvalue weighted by atomic mass is 10.1. The summed E-state index contributed by atoms with van der Waals surface area (Å²) in [7, 11) is 0.629. The Morgan fingerprint density at radius 3 is 2.43 bits per heavy atom. The fraction of sp³-hybridized carbons (Fsp3) is 0.250. The van der Waals surface area contributed by atoms with Gasteiger partial charge in [0, 0.05) is 25.9 Å². The Kier molecular flexibility index (Phi) is 6.58. The minimum absolute atomic E-state index is 0.0945. The number of halogens is 1. The standard InChI is InChI=1S/C20H23FN2O4S/c1-13-10-16(28(25,26)23(3)4)12-18(14(13)2)22-20(24)9-7-15-6-8-19(27-5)17(21)11-15/h6-12H,1-5H3,(H,22,24)/b9-7+. The topological polar surface area (TPSA) is 75.7 Å². The van der Waals surface area contributed by atoms with Gasteiger partial charge in [-0.2, -0.15) is 0 Å². The average molecular weight is 406 g/mol. The van der Waals surface area contributed by atoms with E-state index in [1.54, 1.807) is 26.0 Å². The van der Waals surface area contributed by atoms with Gasteiger partial charge in [0.15, 0.2) is 11.6 Å². The van der Waals surface area contributed by atoms with Crippen LogP contribution in [0.25, 0.3) is 6.08 Å². The highest BCUT2D eigenvalue weighted by Gasteiger charge is 2.19. The quantitative estimate of drug-likeness (QED) is 0.747. The van der Waals surface area contributed by atoms with E-state index in [1.807, 2.05) is 0 Å². The maximum Gasteiger partial charge on any atom is 0.248 e. The van der Waals surface area contributed by atoms with Gasteiger partial charge in [-0.05, 0) is 60.9 Å². The molecule has 2 rings (SSSR count). The summed E-state index contributed by atoms with van der Waals surface area (Å²) in [6.07, 6.45) is 2.71. The second-order valence-corrected chi connectivity index (χ2v) is 8.57. The first kappa shape index (κ1) is 21.6. The number of amides is 1. The van der Waals surface area contributed by atoms with Crippen molar-refractivity contribution in [1.82, 2.24) is 4.31 Å². The molecule has 0 aliphatic rings. The van der Waals surface area contributed by atoms with Crippen molar-refractivity contribution in [2.75, 3.05) is 26.5 Å². The normalized spacial score (nSPS) is 11.8. The van der Waals surface area contributed by atoms with Crippen molar-refractivity contribution in [3.8, 4) is 5.75 Å². The molecule has 0 aliphatic heterocycles. The van der Waals surface area contributed by atoms with Crippen LogP contribution in [0.5, 0.6) is 5.75 Å². The Morgan fingerprint density at radius 1 is 1.18 bits per heavy atom. The zero-order valence-electron chi connectivity index (χ0n) is 16.4. The fourth-order valence-electron chi connectivity index (χ4n) is 2.45. The van der Waals surface area contributed by atoms with Crippen LogP contribution in [0.1, 0.15) is 16.7 Å². The van der Waals surface area contributed by atoms with Gasteiger partial charge < -0.3 is 10.1 Å². The second-order valence-electron chi connectivity index (χ2n) is 6.42. The van der Waals surface area contributed by atoms with Gasteiger partial charge in [0.25, 0.3) is 0 Å². The lowest BCUT2D eigenvalue weighted by Gasteiger charge is -2.16. The molecule has 0 spiro atoms. The summed E-state index contributed by atoms with van der Waals surface area (Å²) in [5.74, 6) is -0.872. The SMILES string of the molecule is COc1ccc(/C=C/C(=O)Nc2cc(S(=O)(=O)N(C)C)cc(C)c2C)cc1F. The van der Waals surface area contributed by atoms with Gasteiger partial charge in [0.05, 0.1) is 12.0 Å². The van der Waals surface area contributed by atoms with Crippen molar-refractivity contribution in [2.45, 2.75) is 18.7 Å². The third-order valence-electron chi connectivity index (χ3n) is 4.28. The van der Waals surface area contributed by atoms with Crippen LogP contribution in [-0.4, -0.2) is 39.8 Å². The maximum atomic E-state index is 13.7. The second kappa shape index (κ2) is 8.53. The molecule has 150 valence electrons. The van der Waals surface area contributed by atoms with Crippen molar-refractivity contribution >= 4 is 27.7 Å². The lowest BCUT2D eigenvalue weighted by Crippen LogP contribution is -2.22. The Balaban J connectivity index is 2.26. The third kappa shape index (κ3) is 4.76. The fourth-order valence-corrected chi connectivity index (χ4v) is 3.46. The molecule has 0 saturated heterocycles. The van der Waals surface area contributed by atoms with Crippen LogP contribution in [0, 0.1) is 19.7 Å². The van der Waals surface area contributed by atoms with Crippen molar-refractivity contribution in [3.05, 3.63) is 58.9 Å². The molecule has 0 unspecified atom stereocenters. The highest BCUT2D eigenvalue weighted by molar-refractivity contribution is 7.89. The monoisotopic (exact) mass is 406 g/mol. The summed E-state index contributed by atoms with van der Waals surface area (Å²) >= 11 is 0. The van der Waals surface area contributed by atoms with E-state index in [1.165, 1.54) is 51.6 Å². The Hall–Kier alpha value is -2.71. The third-order valence-corrected chi connectivity index (χ3v) is 6.07. The van der Waals surface area contributed by atoms with Gasteiger partial charge in [-0.3, -0.25) is 4.79 Å². The number of anilines is 1. The van der Waals surface area contributed by atoms with E-state index >= 15 is 0 Å². The van der Waals surface area contributed by atoms with Crippen molar-refractivity contribution in [3.63, 3.8) is 0 Å². The van der Waals surface area contributed by atoms with Crippen LogP contribution in [0.2, 0.25) is 0 Å². The number of nitrogens with zero attached hydrogens (tertiary/aromatic N) is 1. The Bertz CT molecular complexity index is 1030. The number of carbonyl (C=O) groups excluding carboxylic acids is 1. The zero-order valence-corrected chi connectivity index (χ0v) is 17.2. The van der Waals surface area contributed by atoms with E-state index in [4.69, 9.17) is 4.74 Å². The molecule has 28 heavy (non-hydrogen) atoms. The van der Waals surface area contributed by atoms with Crippen LogP contribution < -0.4 is 10.1 Å². The first-order valence-corrected chi connectivity index (χ1v) is 9.86. The van der Waals surface area contributed by atoms with Crippen molar-refractivity contribution < 1.29 is 22.3 Å². The molecule has 0 heterocycles. The molecule has 0 fully saturated rings. The van der Waals surface area contributed by atoms with Gasteiger partial charge in [-0.25, -0.2) is 17.1 Å². The summed E-state index contributed by atoms with van der Waals surface area (Å²) in [5, 5.41) is 2.68. The average Bonchev–Trinajstić information content (AvgIpc) is 2.63. The molecule has 1 N–H and O–H groups in total. The maximum absolute atomic E-state index is 13.7. The molecule has 8 heteroatoms. The number of rotatable bonds is 6. The Morgan fingerprint density at radius 2 is 1.86 bits per heavy atom. The van der Waals surface area contributed by atoms with E-state index in [2.05, 4.69) is 5.32 Å². The van der Waals surface area contributed by atoms with E-state index in [0.717, 1.165) is 15.4 Å². The molecule has 1 amide bonds. The summed E-state index contributed by atoms with van der Waals surface area (Å²) in [6.45, 7) is 3.56. The van der Waals surface area contributed by atoms with E-state index in [-0.39, 0.29) is 10.6 Å². The van der Waals surface area contributed by atoms with Crippen LogP contribution >= 0.6 is 0 Å². The predicted octanol–water partition coefficient (Wildman–Crippen LogP) is 3.35. The van der Waals surface area contributed by atoms with Crippen LogP contribution in [0.4, 0.5) is 10.1 Å². The number of methoxy groups -OCH3 is 1. The summed E-state index contributed by atoms with van der Waals surface area (Å²) < 4.78 is 44.4. The molecule has 0 aliphatic carbocycles. The summed E-state index contributed by atoms with van der Waals surface area (Å²) in [4.78, 5) is 12.4. The number of sulfonamides is 1. The first-order chi connectivity index (χ1) is 13.1.